The van der Waals surface area contributed by atoms with Crippen molar-refractivity contribution in [2.45, 2.75) is 31.7 Å². The second kappa shape index (κ2) is 5.83. The lowest BCUT2D eigenvalue weighted by Gasteiger charge is -2.31. The number of aliphatic hydroxyl groups is 1. The molecule has 1 atom stereocenters. The highest BCUT2D eigenvalue weighted by atomic mass is 19.1. The van der Waals surface area contributed by atoms with Crippen LogP contribution in [0.25, 0.3) is 0 Å². The van der Waals surface area contributed by atoms with Crippen molar-refractivity contribution in [2.75, 3.05) is 18.1 Å². The molecule has 1 aromatic rings. The third-order valence-corrected chi connectivity index (χ3v) is 3.43. The van der Waals surface area contributed by atoms with Crippen molar-refractivity contribution in [2.24, 2.45) is 0 Å². The van der Waals surface area contributed by atoms with Gasteiger partial charge in [0.05, 0.1) is 24.3 Å². The molecule has 0 amide bonds. The number of benzene rings is 1. The van der Waals surface area contributed by atoms with E-state index >= 15 is 0 Å². The van der Waals surface area contributed by atoms with Gasteiger partial charge >= 0.3 is 0 Å². The van der Waals surface area contributed by atoms with Gasteiger partial charge in [-0.2, -0.15) is 5.26 Å². The van der Waals surface area contributed by atoms with Crippen LogP contribution in [0.4, 0.5) is 10.1 Å². The molecule has 0 bridgehead atoms. The van der Waals surface area contributed by atoms with Crippen LogP contribution >= 0.6 is 0 Å². The fraction of sp³-hybridized carbons (Fsp3) is 0.500. The van der Waals surface area contributed by atoms with Crippen molar-refractivity contribution < 1.29 is 9.50 Å². The lowest BCUT2D eigenvalue weighted by atomic mass is 10.1. The second-order valence-electron chi connectivity index (χ2n) is 4.69. The highest BCUT2D eigenvalue weighted by Gasteiger charge is 2.21. The smallest absolute Gasteiger partial charge is 0.126 e. The number of nitriles is 1. The molecule has 18 heavy (non-hydrogen) atoms. The van der Waals surface area contributed by atoms with Gasteiger partial charge in [-0.3, -0.25) is 0 Å². The minimum absolute atomic E-state index is 0.0286. The largest absolute Gasteiger partial charge is 0.394 e. The molecular formula is C14H17FN2O. The quantitative estimate of drug-likeness (QED) is 0.874. The maximum absolute atomic E-state index is 13.5. The van der Waals surface area contributed by atoms with Gasteiger partial charge in [0.25, 0.3) is 0 Å². The van der Waals surface area contributed by atoms with E-state index in [1.54, 1.807) is 6.07 Å². The Balaban J connectivity index is 2.32. The molecule has 1 unspecified atom stereocenters. The van der Waals surface area contributed by atoms with Crippen molar-refractivity contribution in [1.82, 2.24) is 0 Å². The van der Waals surface area contributed by atoms with Crippen molar-refractivity contribution >= 4 is 5.69 Å². The Labute approximate surface area is 106 Å². The minimum atomic E-state index is -0.398. The maximum atomic E-state index is 13.5. The molecule has 1 saturated heterocycles. The summed E-state index contributed by atoms with van der Waals surface area (Å²) in [7, 11) is 0. The van der Waals surface area contributed by atoms with Gasteiger partial charge < -0.3 is 10.0 Å². The van der Waals surface area contributed by atoms with Crippen LogP contribution < -0.4 is 4.90 Å². The Hall–Kier alpha value is -1.60. The molecule has 0 spiro atoms. The minimum Gasteiger partial charge on any atom is -0.394 e. The van der Waals surface area contributed by atoms with Gasteiger partial charge in [-0.1, -0.05) is 12.8 Å². The zero-order valence-electron chi connectivity index (χ0n) is 10.3. The SMILES string of the molecule is N#Cc1cc(F)cc(N2CCCCCC2CO)c1. The number of hydrogen-bond acceptors (Lipinski definition) is 3. The van der Waals surface area contributed by atoms with E-state index in [0.29, 0.717) is 11.3 Å². The first-order chi connectivity index (χ1) is 8.74. The van der Waals surface area contributed by atoms with Crippen molar-refractivity contribution in [3.63, 3.8) is 0 Å². The lowest BCUT2D eigenvalue weighted by molar-refractivity contribution is 0.255. The van der Waals surface area contributed by atoms with Gasteiger partial charge in [-0.05, 0) is 31.0 Å². The summed E-state index contributed by atoms with van der Waals surface area (Å²) in [4.78, 5) is 2.02. The molecule has 2 rings (SSSR count). The molecule has 4 heteroatoms. The molecule has 96 valence electrons. The number of rotatable bonds is 2. The van der Waals surface area contributed by atoms with Crippen molar-refractivity contribution in [3.05, 3.63) is 29.6 Å². The van der Waals surface area contributed by atoms with E-state index in [-0.39, 0.29) is 12.6 Å². The summed E-state index contributed by atoms with van der Waals surface area (Å²) in [5.74, 6) is -0.398. The van der Waals surface area contributed by atoms with Crippen LogP contribution in [0, 0.1) is 17.1 Å². The fourth-order valence-electron chi connectivity index (χ4n) is 2.51. The standard InChI is InChI=1S/C14H17FN2O/c15-12-6-11(9-16)7-14(8-12)17-5-3-1-2-4-13(17)10-18/h6-8,13,18H,1-5,10H2. The zero-order valence-corrected chi connectivity index (χ0v) is 10.3. The second-order valence-corrected chi connectivity index (χ2v) is 4.69. The monoisotopic (exact) mass is 248 g/mol. The Morgan fingerprint density at radius 2 is 2.17 bits per heavy atom. The predicted octanol–water partition coefficient (Wildman–Crippen LogP) is 2.44. The molecule has 1 fully saturated rings. The first-order valence-corrected chi connectivity index (χ1v) is 6.33. The third kappa shape index (κ3) is 2.80. The summed E-state index contributed by atoms with van der Waals surface area (Å²) in [5, 5.41) is 18.3. The van der Waals surface area contributed by atoms with Crippen LogP contribution in [-0.4, -0.2) is 24.3 Å². The van der Waals surface area contributed by atoms with E-state index in [1.165, 1.54) is 12.1 Å². The molecule has 0 aliphatic carbocycles. The van der Waals surface area contributed by atoms with Crippen LogP contribution in [0.5, 0.6) is 0 Å². The van der Waals surface area contributed by atoms with E-state index in [4.69, 9.17) is 5.26 Å². The van der Waals surface area contributed by atoms with Crippen LogP contribution in [-0.2, 0) is 0 Å². The molecule has 1 aliphatic heterocycles. The Morgan fingerprint density at radius 1 is 1.33 bits per heavy atom. The van der Waals surface area contributed by atoms with Gasteiger partial charge in [0.1, 0.15) is 5.82 Å². The average molecular weight is 248 g/mol. The van der Waals surface area contributed by atoms with Gasteiger partial charge in [-0.25, -0.2) is 4.39 Å². The molecule has 1 aromatic carbocycles. The van der Waals surface area contributed by atoms with E-state index in [0.717, 1.165) is 32.2 Å². The van der Waals surface area contributed by atoms with E-state index < -0.39 is 5.82 Å². The van der Waals surface area contributed by atoms with Gasteiger partial charge in [0.2, 0.25) is 0 Å². The highest BCUT2D eigenvalue weighted by molar-refractivity contribution is 5.53. The first kappa shape index (κ1) is 12.8. The number of halogens is 1. The summed E-state index contributed by atoms with van der Waals surface area (Å²) in [6.45, 7) is 0.873. The normalized spacial score (nSPS) is 20.3. The van der Waals surface area contributed by atoms with Crippen LogP contribution in [0.3, 0.4) is 0 Å². The summed E-state index contributed by atoms with van der Waals surface area (Å²) in [5.41, 5.74) is 1.03. The number of hydrogen-bond donors (Lipinski definition) is 1. The first-order valence-electron chi connectivity index (χ1n) is 6.33. The molecule has 1 heterocycles. The molecule has 0 aromatic heterocycles. The van der Waals surface area contributed by atoms with Crippen LogP contribution in [0.1, 0.15) is 31.2 Å². The molecule has 0 radical (unpaired) electrons. The summed E-state index contributed by atoms with van der Waals surface area (Å²) >= 11 is 0. The topological polar surface area (TPSA) is 47.3 Å². The molecule has 1 N–H and O–H groups in total. The number of nitrogens with zero attached hydrogens (tertiary/aromatic N) is 2. The van der Waals surface area contributed by atoms with Crippen LogP contribution in [0.15, 0.2) is 18.2 Å². The summed E-state index contributed by atoms with van der Waals surface area (Å²) in [6.07, 6.45) is 4.17. The van der Waals surface area contributed by atoms with E-state index in [1.807, 2.05) is 11.0 Å². The number of anilines is 1. The fourth-order valence-corrected chi connectivity index (χ4v) is 2.51. The maximum Gasteiger partial charge on any atom is 0.126 e. The molecular weight excluding hydrogens is 231 g/mol. The average Bonchev–Trinajstić information content (AvgIpc) is 2.62. The predicted molar refractivity (Wildman–Crippen MR) is 67.8 cm³/mol. The molecule has 1 aliphatic rings. The summed E-state index contributed by atoms with van der Waals surface area (Å²) in [6, 6.07) is 6.36. The zero-order chi connectivity index (χ0) is 13.0. The Kier molecular flexibility index (Phi) is 4.16. The van der Waals surface area contributed by atoms with Crippen LogP contribution in [0.2, 0.25) is 0 Å². The molecule has 3 nitrogen and oxygen atoms in total. The third-order valence-electron chi connectivity index (χ3n) is 3.43. The van der Waals surface area contributed by atoms with E-state index in [2.05, 4.69) is 0 Å². The lowest BCUT2D eigenvalue weighted by Crippen LogP contribution is -2.37. The van der Waals surface area contributed by atoms with E-state index in [9.17, 15) is 9.50 Å². The van der Waals surface area contributed by atoms with Gasteiger partial charge in [0.15, 0.2) is 0 Å². The van der Waals surface area contributed by atoms with Gasteiger partial charge in [-0.15, -0.1) is 0 Å². The summed E-state index contributed by atoms with van der Waals surface area (Å²) < 4.78 is 13.5. The number of aliphatic hydroxyl groups excluding tert-OH is 1. The van der Waals surface area contributed by atoms with Crippen molar-refractivity contribution in [3.8, 4) is 6.07 Å². The Bertz CT molecular complexity index is 456. The highest BCUT2D eigenvalue weighted by Crippen LogP contribution is 2.25. The van der Waals surface area contributed by atoms with Gasteiger partial charge in [0, 0.05) is 12.2 Å². The molecule has 0 saturated carbocycles. The Morgan fingerprint density at radius 3 is 2.89 bits per heavy atom. The van der Waals surface area contributed by atoms with Crippen molar-refractivity contribution in [1.29, 1.82) is 5.26 Å².